The Balaban J connectivity index is 1.33. The lowest BCUT2D eigenvalue weighted by molar-refractivity contribution is 0.0696. The number of aryl methyl sites for hydroxylation is 1. The van der Waals surface area contributed by atoms with Crippen molar-refractivity contribution in [3.63, 3.8) is 0 Å². The van der Waals surface area contributed by atoms with E-state index in [2.05, 4.69) is 25.4 Å². The zero-order chi connectivity index (χ0) is 25.4. The Bertz CT molecular complexity index is 1650. The molecular formula is C27H21N7O3. The first-order valence-corrected chi connectivity index (χ1v) is 11.5. The molecule has 0 fully saturated rings. The molecular weight excluding hydrogens is 470 g/mol. The minimum atomic E-state index is -1.02. The van der Waals surface area contributed by atoms with Gasteiger partial charge in [0.25, 0.3) is 0 Å². The number of carboxylic acid groups (broad SMARTS) is 1. The van der Waals surface area contributed by atoms with Crippen LogP contribution in [0.15, 0.2) is 79.6 Å². The van der Waals surface area contributed by atoms with Gasteiger partial charge in [-0.05, 0) is 46.5 Å². The molecule has 0 saturated heterocycles. The second-order valence-electron chi connectivity index (χ2n) is 8.65. The summed E-state index contributed by atoms with van der Waals surface area (Å²) in [5.74, 6) is -0.305. The molecule has 37 heavy (non-hydrogen) atoms. The second kappa shape index (κ2) is 9.15. The highest BCUT2D eigenvalue weighted by Gasteiger charge is 2.33. The third-order valence-corrected chi connectivity index (χ3v) is 6.07. The number of benzene rings is 2. The van der Waals surface area contributed by atoms with E-state index in [9.17, 15) is 9.90 Å². The van der Waals surface area contributed by atoms with E-state index in [0.717, 1.165) is 45.0 Å². The van der Waals surface area contributed by atoms with E-state index in [1.54, 1.807) is 28.8 Å². The number of carboxylic acids is 1. The standard InChI is InChI=1S/C27H21N7O3/c1-33-14-25(31-32-33)22-10-23(22)26-24(27(35)36)13-30-34(26)20-6-2-4-18(8-20)19-5-3-7-21(9-19)37-15-17-11-28-16-29-12-17/h2-9,11-14,16H,10,15H2,1H3,(H,35,36). The van der Waals surface area contributed by atoms with Gasteiger partial charge in [0.2, 0.25) is 0 Å². The maximum absolute atomic E-state index is 12.0. The van der Waals surface area contributed by atoms with Crippen LogP contribution in [0.4, 0.5) is 0 Å². The van der Waals surface area contributed by atoms with Crippen LogP contribution in [0.3, 0.4) is 0 Å². The molecule has 182 valence electrons. The van der Waals surface area contributed by atoms with Crippen molar-refractivity contribution in [2.24, 2.45) is 7.05 Å². The molecule has 1 aliphatic carbocycles. The van der Waals surface area contributed by atoms with Crippen molar-refractivity contribution < 1.29 is 14.6 Å². The van der Waals surface area contributed by atoms with E-state index in [0.29, 0.717) is 18.7 Å². The third-order valence-electron chi connectivity index (χ3n) is 6.07. The highest BCUT2D eigenvalue weighted by atomic mass is 16.5. The Kier molecular flexibility index (Phi) is 5.53. The van der Waals surface area contributed by atoms with Gasteiger partial charge in [0.15, 0.2) is 0 Å². The fourth-order valence-electron chi connectivity index (χ4n) is 4.23. The minimum absolute atomic E-state index is 0.152. The maximum Gasteiger partial charge on any atom is 0.339 e. The predicted molar refractivity (Wildman–Crippen MR) is 135 cm³/mol. The van der Waals surface area contributed by atoms with Gasteiger partial charge in [0.1, 0.15) is 29.9 Å². The van der Waals surface area contributed by atoms with Gasteiger partial charge in [-0.25, -0.2) is 19.4 Å². The average molecular weight is 492 g/mol. The molecule has 0 aliphatic heterocycles. The number of ether oxygens (including phenoxy) is 1. The summed E-state index contributed by atoms with van der Waals surface area (Å²) in [5.41, 5.74) is 6.88. The van der Waals surface area contributed by atoms with Gasteiger partial charge in [-0.1, -0.05) is 29.5 Å². The monoisotopic (exact) mass is 491 g/mol. The van der Waals surface area contributed by atoms with Crippen LogP contribution in [0.2, 0.25) is 0 Å². The van der Waals surface area contributed by atoms with E-state index in [1.807, 2.05) is 54.7 Å². The van der Waals surface area contributed by atoms with Crippen LogP contribution < -0.4 is 4.74 Å². The third kappa shape index (κ3) is 4.47. The molecule has 1 N–H and O–H groups in total. The largest absolute Gasteiger partial charge is 0.489 e. The minimum Gasteiger partial charge on any atom is -0.489 e. The van der Waals surface area contributed by atoms with Crippen LogP contribution in [-0.2, 0) is 13.7 Å². The van der Waals surface area contributed by atoms with Crippen LogP contribution >= 0.6 is 0 Å². The van der Waals surface area contributed by atoms with Gasteiger partial charge >= 0.3 is 5.97 Å². The lowest BCUT2D eigenvalue weighted by atomic mass is 10.0. The Labute approximate surface area is 211 Å². The molecule has 3 heterocycles. The fourth-order valence-corrected chi connectivity index (χ4v) is 4.23. The molecule has 10 heteroatoms. The summed E-state index contributed by atoms with van der Waals surface area (Å²) in [4.78, 5) is 20.0. The van der Waals surface area contributed by atoms with Crippen molar-refractivity contribution in [3.8, 4) is 22.6 Å². The Hall–Kier alpha value is -5.12. The van der Waals surface area contributed by atoms with Crippen molar-refractivity contribution in [1.29, 1.82) is 0 Å². The van der Waals surface area contributed by atoms with Crippen LogP contribution in [-0.4, -0.2) is 45.8 Å². The van der Waals surface area contributed by atoms with Gasteiger partial charge < -0.3 is 9.84 Å². The topological polar surface area (TPSA) is 121 Å². The number of hydrogen-bond donors (Lipinski definition) is 1. The van der Waals surface area contributed by atoms with Gasteiger partial charge in [-0.3, -0.25) is 4.68 Å². The molecule has 0 atom stereocenters. The van der Waals surface area contributed by atoms with Crippen LogP contribution in [0.5, 0.6) is 5.75 Å². The van der Waals surface area contributed by atoms with E-state index < -0.39 is 5.97 Å². The zero-order valence-corrected chi connectivity index (χ0v) is 19.8. The smallest absolute Gasteiger partial charge is 0.339 e. The number of aromatic nitrogens is 7. The SMILES string of the molecule is Cn1cc(C2=C(c3c(C(=O)O)cnn3-c3cccc(-c4cccc(OCc5cncnc5)c4)c3)C2)nn1. The van der Waals surface area contributed by atoms with E-state index >= 15 is 0 Å². The molecule has 6 rings (SSSR count). The summed E-state index contributed by atoms with van der Waals surface area (Å²) in [7, 11) is 1.80. The molecule has 0 spiro atoms. The Morgan fingerprint density at radius 1 is 1.03 bits per heavy atom. The number of aromatic carboxylic acids is 1. The second-order valence-corrected chi connectivity index (χ2v) is 8.65. The summed E-state index contributed by atoms with van der Waals surface area (Å²) < 4.78 is 9.24. The molecule has 0 radical (unpaired) electrons. The van der Waals surface area contributed by atoms with Crippen LogP contribution in [0.1, 0.15) is 33.7 Å². The molecule has 0 unspecified atom stereocenters. The van der Waals surface area contributed by atoms with Gasteiger partial charge in [0.05, 0.1) is 23.8 Å². The normalized spacial score (nSPS) is 12.6. The number of rotatable bonds is 8. The quantitative estimate of drug-likeness (QED) is 0.345. The number of carbonyl (C=O) groups is 1. The highest BCUT2D eigenvalue weighted by Crippen LogP contribution is 2.47. The summed E-state index contributed by atoms with van der Waals surface area (Å²) in [5, 5.41) is 22.4. The summed E-state index contributed by atoms with van der Waals surface area (Å²) in [6, 6.07) is 15.6. The van der Waals surface area contributed by atoms with Crippen LogP contribution in [0, 0.1) is 0 Å². The first kappa shape index (κ1) is 22.4. The lowest BCUT2D eigenvalue weighted by Gasteiger charge is -2.11. The van der Waals surface area contributed by atoms with Crippen molar-refractivity contribution >= 4 is 17.1 Å². The summed E-state index contributed by atoms with van der Waals surface area (Å²) in [6.45, 7) is 0.363. The predicted octanol–water partition coefficient (Wildman–Crippen LogP) is 4.05. The fraction of sp³-hybridized carbons (Fsp3) is 0.111. The van der Waals surface area contributed by atoms with E-state index in [4.69, 9.17) is 4.74 Å². The van der Waals surface area contributed by atoms with Crippen molar-refractivity contribution in [1.82, 2.24) is 34.7 Å². The molecule has 2 aromatic carbocycles. The molecule has 3 aromatic heterocycles. The molecule has 10 nitrogen and oxygen atoms in total. The Morgan fingerprint density at radius 3 is 2.57 bits per heavy atom. The first-order valence-electron chi connectivity index (χ1n) is 11.5. The van der Waals surface area contributed by atoms with Gasteiger partial charge in [-0.2, -0.15) is 5.10 Å². The summed E-state index contributed by atoms with van der Waals surface area (Å²) >= 11 is 0. The number of allylic oxidation sites excluding steroid dienone is 2. The maximum atomic E-state index is 12.0. The average Bonchev–Trinajstić information content (AvgIpc) is 3.37. The van der Waals surface area contributed by atoms with Crippen molar-refractivity contribution in [2.75, 3.05) is 0 Å². The molecule has 0 amide bonds. The highest BCUT2D eigenvalue weighted by molar-refractivity contribution is 6.10. The van der Waals surface area contributed by atoms with Crippen molar-refractivity contribution in [2.45, 2.75) is 13.0 Å². The first-order chi connectivity index (χ1) is 18.1. The number of nitrogens with zero attached hydrogens (tertiary/aromatic N) is 7. The zero-order valence-electron chi connectivity index (χ0n) is 19.8. The molecule has 5 aromatic rings. The van der Waals surface area contributed by atoms with E-state index in [-0.39, 0.29) is 5.56 Å². The van der Waals surface area contributed by atoms with Crippen LogP contribution in [0.25, 0.3) is 28.0 Å². The Morgan fingerprint density at radius 2 is 1.81 bits per heavy atom. The number of hydrogen-bond acceptors (Lipinski definition) is 7. The molecule has 1 aliphatic rings. The van der Waals surface area contributed by atoms with Gasteiger partial charge in [0, 0.05) is 31.4 Å². The summed E-state index contributed by atoms with van der Waals surface area (Å²) in [6.07, 6.45) is 8.78. The van der Waals surface area contributed by atoms with E-state index in [1.165, 1.54) is 12.5 Å². The lowest BCUT2D eigenvalue weighted by Crippen LogP contribution is -2.04. The molecule has 0 bridgehead atoms. The van der Waals surface area contributed by atoms with Crippen molar-refractivity contribution in [3.05, 3.63) is 102 Å². The van der Waals surface area contributed by atoms with Gasteiger partial charge in [-0.15, -0.1) is 5.10 Å². The molecule has 0 saturated carbocycles.